The molecule has 0 saturated heterocycles. The number of carbonyl (C=O) groups is 1. The summed E-state index contributed by atoms with van der Waals surface area (Å²) in [6.07, 6.45) is 4.30. The molecule has 0 spiro atoms. The molecule has 4 aromatic rings. The lowest BCUT2D eigenvalue weighted by atomic mass is 10.1. The lowest BCUT2D eigenvalue weighted by Gasteiger charge is -2.08. The zero-order chi connectivity index (χ0) is 23.6. The minimum atomic E-state index is -4.25. The molecule has 2 N–H and O–H groups in total. The smallest absolute Gasteiger partial charge is 0.418 e. The molecule has 0 fully saturated rings. The van der Waals surface area contributed by atoms with Gasteiger partial charge in [-0.2, -0.15) is 0 Å². The summed E-state index contributed by atoms with van der Waals surface area (Å²) in [6, 6.07) is 7.37. The van der Waals surface area contributed by atoms with E-state index in [0.29, 0.717) is 23.5 Å². The fraction of sp³-hybridized carbons (Fsp3) is 0.238. The number of benzene rings is 1. The Kier molecular flexibility index (Phi) is 6.58. The van der Waals surface area contributed by atoms with Crippen LogP contribution in [-0.2, 0) is 23.0 Å². The topological polar surface area (TPSA) is 127 Å². The Balaban J connectivity index is 1.64. The maximum atomic E-state index is 12.6. The van der Waals surface area contributed by atoms with Crippen LogP contribution in [0.1, 0.15) is 24.4 Å². The molecule has 0 aliphatic heterocycles. The Hall–Kier alpha value is -3.09. The van der Waals surface area contributed by atoms with Gasteiger partial charge < -0.3 is 9.67 Å². The molecule has 1 amide bonds. The summed E-state index contributed by atoms with van der Waals surface area (Å²) >= 11 is 2.51. The Labute approximate surface area is 198 Å². The van der Waals surface area contributed by atoms with Crippen molar-refractivity contribution in [2.45, 2.75) is 31.0 Å². The summed E-state index contributed by atoms with van der Waals surface area (Å²) in [6.45, 7) is 4.59. The molecule has 0 atom stereocenters. The van der Waals surface area contributed by atoms with Gasteiger partial charge in [-0.05, 0) is 11.5 Å². The van der Waals surface area contributed by atoms with E-state index in [1.807, 2.05) is 42.1 Å². The van der Waals surface area contributed by atoms with Gasteiger partial charge in [-0.1, -0.05) is 38.1 Å². The number of amides is 1. The Bertz CT molecular complexity index is 1360. The molecule has 4 rings (SSSR count). The summed E-state index contributed by atoms with van der Waals surface area (Å²) in [5, 5.41) is 12.3. The second-order valence-corrected chi connectivity index (χ2v) is 11.5. The number of carboxylic acid groups (broad SMARTS) is 1. The highest BCUT2D eigenvalue weighted by Gasteiger charge is 2.27. The number of hydrogen-bond donors (Lipinski definition) is 2. The maximum absolute atomic E-state index is 12.6. The van der Waals surface area contributed by atoms with Gasteiger partial charge in [0, 0.05) is 42.5 Å². The highest BCUT2D eigenvalue weighted by Crippen LogP contribution is 2.33. The average Bonchev–Trinajstić information content (AvgIpc) is 3.47. The minimum absolute atomic E-state index is 0.103. The molecule has 172 valence electrons. The SMILES string of the molecule is CC(C)Cc1nc(-c2ccc(Cn3ccnc3-c3nccs3)cc2)c(S(=O)(=O)NC(=O)O)s1. The molecule has 1 aromatic carbocycles. The van der Waals surface area contributed by atoms with Crippen molar-refractivity contribution in [3.63, 3.8) is 0 Å². The molecular weight excluding hydrogens is 482 g/mol. The van der Waals surface area contributed by atoms with Gasteiger partial charge >= 0.3 is 6.09 Å². The van der Waals surface area contributed by atoms with E-state index >= 15 is 0 Å². The van der Waals surface area contributed by atoms with Crippen molar-refractivity contribution in [2.24, 2.45) is 5.92 Å². The number of rotatable bonds is 8. The van der Waals surface area contributed by atoms with Crippen molar-refractivity contribution < 1.29 is 18.3 Å². The first-order valence-corrected chi connectivity index (χ1v) is 13.2. The average molecular weight is 504 g/mol. The molecule has 3 heterocycles. The predicted molar refractivity (Wildman–Crippen MR) is 127 cm³/mol. The van der Waals surface area contributed by atoms with E-state index in [1.54, 1.807) is 29.2 Å². The Morgan fingerprint density at radius 1 is 1.18 bits per heavy atom. The summed E-state index contributed by atoms with van der Waals surface area (Å²) < 4.78 is 28.8. The van der Waals surface area contributed by atoms with Crippen molar-refractivity contribution in [3.05, 3.63) is 58.8 Å². The number of aromatic nitrogens is 4. The van der Waals surface area contributed by atoms with Gasteiger partial charge in [0.15, 0.2) is 15.0 Å². The number of imidazole rings is 1. The largest absolute Gasteiger partial charge is 0.464 e. The van der Waals surface area contributed by atoms with Crippen LogP contribution in [0.15, 0.2) is 52.4 Å². The van der Waals surface area contributed by atoms with Crippen molar-refractivity contribution >= 4 is 38.8 Å². The molecule has 0 radical (unpaired) electrons. The van der Waals surface area contributed by atoms with Crippen LogP contribution < -0.4 is 4.72 Å². The summed E-state index contributed by atoms with van der Waals surface area (Å²) in [5.41, 5.74) is 1.84. The number of nitrogens with one attached hydrogen (secondary N) is 1. The van der Waals surface area contributed by atoms with Gasteiger partial charge in [-0.3, -0.25) is 0 Å². The van der Waals surface area contributed by atoms with E-state index in [-0.39, 0.29) is 15.8 Å². The van der Waals surface area contributed by atoms with E-state index in [2.05, 4.69) is 15.0 Å². The number of nitrogens with zero attached hydrogens (tertiary/aromatic N) is 4. The van der Waals surface area contributed by atoms with E-state index < -0.39 is 16.1 Å². The number of sulfonamides is 1. The summed E-state index contributed by atoms with van der Waals surface area (Å²) in [4.78, 5) is 24.2. The van der Waals surface area contributed by atoms with Crippen LogP contribution in [0.4, 0.5) is 4.79 Å². The fourth-order valence-electron chi connectivity index (χ4n) is 3.24. The number of thiazole rings is 2. The molecule has 9 nitrogen and oxygen atoms in total. The van der Waals surface area contributed by atoms with Crippen molar-refractivity contribution in [1.29, 1.82) is 0 Å². The van der Waals surface area contributed by atoms with Crippen LogP contribution in [0, 0.1) is 5.92 Å². The molecule has 0 aliphatic rings. The van der Waals surface area contributed by atoms with Gasteiger partial charge in [0.2, 0.25) is 0 Å². The first-order valence-electron chi connectivity index (χ1n) is 9.98. The zero-order valence-electron chi connectivity index (χ0n) is 17.8. The Morgan fingerprint density at radius 3 is 2.58 bits per heavy atom. The molecule has 12 heteroatoms. The van der Waals surface area contributed by atoms with Gasteiger partial charge in [-0.25, -0.2) is 32.9 Å². The van der Waals surface area contributed by atoms with Crippen molar-refractivity contribution in [1.82, 2.24) is 24.2 Å². The molecule has 0 aliphatic carbocycles. The third-order valence-corrected chi connectivity index (χ3v) is 8.28. The lowest BCUT2D eigenvalue weighted by Crippen LogP contribution is -2.28. The minimum Gasteiger partial charge on any atom is -0.464 e. The quantitative estimate of drug-likeness (QED) is 0.366. The highest BCUT2D eigenvalue weighted by molar-refractivity contribution is 7.92. The number of hydrogen-bond acceptors (Lipinski definition) is 8. The van der Waals surface area contributed by atoms with Crippen LogP contribution in [0.3, 0.4) is 0 Å². The van der Waals surface area contributed by atoms with E-state index in [9.17, 15) is 13.2 Å². The predicted octanol–water partition coefficient (Wildman–Crippen LogP) is 4.33. The third kappa shape index (κ3) is 5.29. The molecular formula is C21H21N5O4S3. The molecule has 0 saturated carbocycles. The molecule has 0 unspecified atom stereocenters. The molecule has 0 bridgehead atoms. The lowest BCUT2D eigenvalue weighted by molar-refractivity contribution is 0.201. The zero-order valence-corrected chi connectivity index (χ0v) is 20.2. The Morgan fingerprint density at radius 2 is 1.94 bits per heavy atom. The van der Waals surface area contributed by atoms with Crippen LogP contribution in [0.25, 0.3) is 22.1 Å². The molecule has 33 heavy (non-hydrogen) atoms. The van der Waals surface area contributed by atoms with Crippen LogP contribution in [0.5, 0.6) is 0 Å². The van der Waals surface area contributed by atoms with Crippen LogP contribution in [0.2, 0.25) is 0 Å². The maximum Gasteiger partial charge on any atom is 0.418 e. The first-order chi connectivity index (χ1) is 15.7. The van der Waals surface area contributed by atoms with E-state index in [1.165, 1.54) is 11.3 Å². The first kappa shape index (κ1) is 23.1. The van der Waals surface area contributed by atoms with E-state index in [4.69, 9.17) is 5.11 Å². The van der Waals surface area contributed by atoms with Gasteiger partial charge in [0.25, 0.3) is 10.0 Å². The normalized spacial score (nSPS) is 11.7. The van der Waals surface area contributed by atoms with Gasteiger partial charge in [0.1, 0.15) is 5.69 Å². The van der Waals surface area contributed by atoms with Gasteiger partial charge in [0.05, 0.1) is 5.01 Å². The van der Waals surface area contributed by atoms with Gasteiger partial charge in [-0.15, -0.1) is 22.7 Å². The summed E-state index contributed by atoms with van der Waals surface area (Å²) in [7, 11) is -4.25. The molecule has 3 aromatic heterocycles. The van der Waals surface area contributed by atoms with Crippen molar-refractivity contribution in [2.75, 3.05) is 0 Å². The monoisotopic (exact) mass is 503 g/mol. The second-order valence-electron chi connectivity index (χ2n) is 7.67. The van der Waals surface area contributed by atoms with Crippen LogP contribution >= 0.6 is 22.7 Å². The van der Waals surface area contributed by atoms with Crippen LogP contribution in [-0.4, -0.2) is 39.1 Å². The summed E-state index contributed by atoms with van der Waals surface area (Å²) in [5.74, 6) is 1.05. The van der Waals surface area contributed by atoms with E-state index in [0.717, 1.165) is 27.7 Å². The fourth-order valence-corrected chi connectivity index (χ4v) is 6.51. The highest BCUT2D eigenvalue weighted by atomic mass is 32.2. The van der Waals surface area contributed by atoms with Crippen molar-refractivity contribution in [3.8, 4) is 22.1 Å². The second kappa shape index (κ2) is 9.41. The third-order valence-electron chi connectivity index (χ3n) is 4.61. The standard InChI is InChI=1S/C21H21N5O4S3/c1-13(2)11-16-24-17(20(32-16)33(29,30)25-21(27)28)15-5-3-14(4-6-15)12-26-9-7-22-18(26)19-23-8-10-31-19/h3-10,13,25H,11-12H2,1-2H3,(H,27,28).